The third-order valence-corrected chi connectivity index (χ3v) is 9.27. The van der Waals surface area contributed by atoms with Crippen LogP contribution in [-0.2, 0) is 16.1 Å². The van der Waals surface area contributed by atoms with Gasteiger partial charge >= 0.3 is 0 Å². The standard InChI is InChI=1S/C35H32ClN5O5S/c1-44-26-10-8-25(9-11-26)41-35-32(33(39-41)23-4-6-24(36)7-5-23)34(28-18-27(45-2)12-13-29(28)46-3)47-21-31(43)40(35)20-30(42)38-19-22-14-16-37-17-15-22/h4-18,34H,19-21H2,1-3H3,(H,38,42)/t34-/m1/s1. The SMILES string of the molecule is COc1ccc(-n2nc(-c3ccc(Cl)cc3)c3c2N(CC(=O)NCc2ccncc2)C(=O)CS[C@@H]3c2cc(OC)ccc2OC)cc1. The van der Waals surface area contributed by atoms with Gasteiger partial charge in [-0.25, -0.2) is 4.68 Å². The van der Waals surface area contributed by atoms with Crippen LogP contribution in [0.4, 0.5) is 5.82 Å². The number of ether oxygens (including phenoxy) is 3. The third kappa shape index (κ3) is 6.77. The predicted octanol–water partition coefficient (Wildman–Crippen LogP) is 6.10. The van der Waals surface area contributed by atoms with Crippen LogP contribution in [0.25, 0.3) is 16.9 Å². The zero-order chi connectivity index (χ0) is 32.9. The number of methoxy groups -OCH3 is 3. The molecule has 3 aromatic carbocycles. The number of nitrogens with zero attached hydrogens (tertiary/aromatic N) is 4. The number of rotatable bonds is 10. The molecule has 0 fully saturated rings. The predicted molar refractivity (Wildman–Crippen MR) is 183 cm³/mol. The molecule has 0 radical (unpaired) electrons. The Labute approximate surface area is 281 Å². The van der Waals surface area contributed by atoms with Gasteiger partial charge in [-0.3, -0.25) is 19.5 Å². The monoisotopic (exact) mass is 669 g/mol. The highest BCUT2D eigenvalue weighted by molar-refractivity contribution is 8.00. The van der Waals surface area contributed by atoms with Crippen LogP contribution in [0.2, 0.25) is 5.02 Å². The van der Waals surface area contributed by atoms with Crippen LogP contribution in [0.3, 0.4) is 0 Å². The Kier molecular flexibility index (Phi) is 9.65. The molecule has 2 amide bonds. The fourth-order valence-electron chi connectivity index (χ4n) is 5.43. The first-order chi connectivity index (χ1) is 22.9. The summed E-state index contributed by atoms with van der Waals surface area (Å²) >= 11 is 7.74. The first-order valence-electron chi connectivity index (χ1n) is 14.7. The van der Waals surface area contributed by atoms with E-state index in [-0.39, 0.29) is 24.1 Å². The van der Waals surface area contributed by atoms with E-state index in [1.165, 1.54) is 16.7 Å². The molecule has 1 aliphatic rings. The summed E-state index contributed by atoms with van der Waals surface area (Å²) in [5.41, 5.74) is 4.55. The Morgan fingerprint density at radius 1 is 0.936 bits per heavy atom. The minimum Gasteiger partial charge on any atom is -0.497 e. The van der Waals surface area contributed by atoms with Gasteiger partial charge in [0.1, 0.15) is 29.6 Å². The molecule has 1 aliphatic heterocycles. The lowest BCUT2D eigenvalue weighted by molar-refractivity contribution is -0.123. The van der Waals surface area contributed by atoms with Gasteiger partial charge < -0.3 is 19.5 Å². The summed E-state index contributed by atoms with van der Waals surface area (Å²) < 4.78 is 18.6. The van der Waals surface area contributed by atoms with Gasteiger partial charge in [-0.2, -0.15) is 5.10 Å². The van der Waals surface area contributed by atoms with E-state index >= 15 is 0 Å². The highest BCUT2D eigenvalue weighted by Crippen LogP contribution is 2.51. The van der Waals surface area contributed by atoms with Crippen molar-refractivity contribution in [2.75, 3.05) is 38.5 Å². The zero-order valence-electron chi connectivity index (χ0n) is 26.0. The Balaban J connectivity index is 1.56. The van der Waals surface area contributed by atoms with E-state index in [1.54, 1.807) is 50.5 Å². The number of hydrogen-bond donors (Lipinski definition) is 1. The van der Waals surface area contributed by atoms with E-state index in [4.69, 9.17) is 30.9 Å². The normalized spacial score (nSPS) is 14.3. The van der Waals surface area contributed by atoms with E-state index in [2.05, 4.69) is 10.3 Å². The number of thioether (sulfide) groups is 1. The summed E-state index contributed by atoms with van der Waals surface area (Å²) in [6.45, 7) is 0.0732. The molecule has 0 spiro atoms. The fraction of sp³-hybridized carbons (Fsp3) is 0.200. The van der Waals surface area contributed by atoms with E-state index < -0.39 is 5.25 Å². The minimum atomic E-state index is -0.429. The zero-order valence-corrected chi connectivity index (χ0v) is 27.5. The van der Waals surface area contributed by atoms with Crippen LogP contribution in [0, 0.1) is 0 Å². The third-order valence-electron chi connectivity index (χ3n) is 7.78. The number of anilines is 1. The van der Waals surface area contributed by atoms with Crippen LogP contribution >= 0.6 is 23.4 Å². The molecule has 47 heavy (non-hydrogen) atoms. The first-order valence-corrected chi connectivity index (χ1v) is 16.2. The second-order valence-corrected chi connectivity index (χ2v) is 12.1. The average Bonchev–Trinajstić information content (AvgIpc) is 3.43. The van der Waals surface area contributed by atoms with Crippen molar-refractivity contribution in [2.24, 2.45) is 0 Å². The molecule has 0 aliphatic carbocycles. The number of benzene rings is 3. The molecule has 1 atom stereocenters. The molecule has 1 N–H and O–H groups in total. The van der Waals surface area contributed by atoms with Gasteiger partial charge in [0, 0.05) is 40.7 Å². The van der Waals surface area contributed by atoms with Crippen molar-refractivity contribution in [1.82, 2.24) is 20.1 Å². The lowest BCUT2D eigenvalue weighted by Crippen LogP contribution is -2.42. The van der Waals surface area contributed by atoms with E-state index in [0.717, 1.165) is 22.3 Å². The van der Waals surface area contributed by atoms with Crippen LogP contribution in [0.5, 0.6) is 17.2 Å². The maximum atomic E-state index is 14.1. The van der Waals surface area contributed by atoms with E-state index in [1.807, 2.05) is 66.7 Å². The lowest BCUT2D eigenvalue weighted by Gasteiger charge is -2.24. The number of hydrogen-bond acceptors (Lipinski definition) is 8. The number of amides is 2. The van der Waals surface area contributed by atoms with Crippen molar-refractivity contribution < 1.29 is 23.8 Å². The molecule has 0 saturated heterocycles. The average molecular weight is 670 g/mol. The van der Waals surface area contributed by atoms with Gasteiger partial charge in [0.25, 0.3) is 0 Å². The molecular weight excluding hydrogens is 638 g/mol. The van der Waals surface area contributed by atoms with Crippen molar-refractivity contribution >= 4 is 41.0 Å². The van der Waals surface area contributed by atoms with Gasteiger partial charge in [0.2, 0.25) is 11.8 Å². The molecule has 0 bridgehead atoms. The van der Waals surface area contributed by atoms with Gasteiger partial charge in [-0.15, -0.1) is 11.8 Å². The number of nitrogens with one attached hydrogen (secondary N) is 1. The van der Waals surface area contributed by atoms with Crippen molar-refractivity contribution in [3.05, 3.63) is 113 Å². The number of carbonyl (C=O) groups excluding carboxylic acids is 2. The summed E-state index contributed by atoms with van der Waals surface area (Å²) in [5.74, 6) is 1.95. The first kappa shape index (κ1) is 32.0. The number of carbonyl (C=O) groups is 2. The maximum absolute atomic E-state index is 14.1. The topological polar surface area (TPSA) is 108 Å². The van der Waals surface area contributed by atoms with Gasteiger partial charge in [0.05, 0.1) is 43.7 Å². The minimum absolute atomic E-state index is 0.0972. The Hall–Kier alpha value is -5.00. The van der Waals surface area contributed by atoms with Gasteiger partial charge in [-0.05, 0) is 72.3 Å². The smallest absolute Gasteiger partial charge is 0.240 e. The molecule has 0 saturated carbocycles. The summed E-state index contributed by atoms with van der Waals surface area (Å²) in [5, 5.41) is 8.23. The fourth-order valence-corrected chi connectivity index (χ4v) is 6.77. The Morgan fingerprint density at radius 3 is 2.32 bits per heavy atom. The summed E-state index contributed by atoms with van der Waals surface area (Å²) in [7, 11) is 4.81. The maximum Gasteiger partial charge on any atom is 0.240 e. The molecule has 12 heteroatoms. The van der Waals surface area contributed by atoms with Crippen LogP contribution in [0.15, 0.2) is 91.3 Å². The lowest BCUT2D eigenvalue weighted by atomic mass is 9.98. The molecule has 0 unspecified atom stereocenters. The molecule has 3 heterocycles. The molecule has 240 valence electrons. The molecule has 6 rings (SSSR count). The molecular formula is C35H32ClN5O5S. The number of aromatic nitrogens is 3. The van der Waals surface area contributed by atoms with Crippen LogP contribution in [-0.4, -0.2) is 60.2 Å². The second-order valence-electron chi connectivity index (χ2n) is 10.6. The molecule has 5 aromatic rings. The molecule has 2 aromatic heterocycles. The summed E-state index contributed by atoms with van der Waals surface area (Å²) in [4.78, 5) is 33.2. The quantitative estimate of drug-likeness (QED) is 0.190. The number of pyridine rings is 1. The Morgan fingerprint density at radius 2 is 1.64 bits per heavy atom. The summed E-state index contributed by atoms with van der Waals surface area (Å²) in [6, 6.07) is 24.0. The van der Waals surface area contributed by atoms with Crippen LogP contribution < -0.4 is 24.4 Å². The largest absolute Gasteiger partial charge is 0.497 e. The Bertz CT molecular complexity index is 1880. The van der Waals surface area contributed by atoms with Crippen molar-refractivity contribution in [3.63, 3.8) is 0 Å². The van der Waals surface area contributed by atoms with E-state index in [0.29, 0.717) is 46.0 Å². The van der Waals surface area contributed by atoms with Crippen molar-refractivity contribution in [1.29, 1.82) is 0 Å². The van der Waals surface area contributed by atoms with E-state index in [9.17, 15) is 9.59 Å². The number of fused-ring (bicyclic) bond motifs is 1. The second kappa shape index (κ2) is 14.2. The van der Waals surface area contributed by atoms with Gasteiger partial charge in [0.15, 0.2) is 0 Å². The van der Waals surface area contributed by atoms with Gasteiger partial charge in [-0.1, -0.05) is 23.7 Å². The van der Waals surface area contributed by atoms with Crippen LogP contribution in [0.1, 0.15) is 21.9 Å². The number of halogens is 1. The van der Waals surface area contributed by atoms with Crippen molar-refractivity contribution in [3.8, 4) is 34.2 Å². The highest BCUT2D eigenvalue weighted by Gasteiger charge is 2.39. The summed E-state index contributed by atoms with van der Waals surface area (Å²) in [6.07, 6.45) is 3.34. The molecule has 10 nitrogen and oxygen atoms in total. The highest BCUT2D eigenvalue weighted by atomic mass is 35.5. The van der Waals surface area contributed by atoms with Crippen molar-refractivity contribution in [2.45, 2.75) is 11.8 Å².